The van der Waals surface area contributed by atoms with Crippen LogP contribution in [0.15, 0.2) is 77.7 Å². The lowest BCUT2D eigenvalue weighted by atomic mass is 10.2. The van der Waals surface area contributed by atoms with Crippen molar-refractivity contribution in [3.8, 4) is 11.5 Å². The Kier molecular flexibility index (Phi) is 7.45. The number of imide groups is 1. The first-order chi connectivity index (χ1) is 17.3. The molecular weight excluding hydrogens is 484 g/mol. The Balaban J connectivity index is 1.34. The fourth-order valence-corrected chi connectivity index (χ4v) is 4.12. The Morgan fingerprint density at radius 2 is 1.61 bits per heavy atom. The fourth-order valence-electron chi connectivity index (χ4n) is 3.25. The van der Waals surface area contributed by atoms with Crippen LogP contribution in [0.5, 0.6) is 11.5 Å². The molecule has 0 unspecified atom stereocenters. The van der Waals surface area contributed by atoms with Crippen molar-refractivity contribution in [3.05, 3.63) is 105 Å². The van der Waals surface area contributed by atoms with E-state index in [1.165, 1.54) is 24.3 Å². The van der Waals surface area contributed by atoms with E-state index in [0.29, 0.717) is 11.3 Å². The Morgan fingerprint density at radius 1 is 0.972 bits per heavy atom. The van der Waals surface area contributed by atoms with Gasteiger partial charge in [-0.25, -0.2) is 4.79 Å². The summed E-state index contributed by atoms with van der Waals surface area (Å²) < 4.78 is 10.9. The van der Waals surface area contributed by atoms with Gasteiger partial charge in [-0.1, -0.05) is 29.8 Å². The molecule has 0 spiro atoms. The van der Waals surface area contributed by atoms with Gasteiger partial charge in [-0.2, -0.15) is 0 Å². The third kappa shape index (κ3) is 5.97. The molecule has 9 nitrogen and oxygen atoms in total. The number of thioether (sulfide) groups is 1. The second-order valence-electron chi connectivity index (χ2n) is 7.76. The van der Waals surface area contributed by atoms with Crippen molar-refractivity contribution in [2.45, 2.75) is 6.92 Å². The van der Waals surface area contributed by atoms with E-state index < -0.39 is 16.8 Å². The predicted octanol–water partition coefficient (Wildman–Crippen LogP) is 5.24. The van der Waals surface area contributed by atoms with Crippen LogP contribution in [0.4, 0.5) is 10.5 Å². The summed E-state index contributed by atoms with van der Waals surface area (Å²) >= 11 is 0.850. The molecule has 0 aromatic heterocycles. The smallest absolute Gasteiger partial charge is 0.343 e. The molecule has 0 radical (unpaired) electrons. The van der Waals surface area contributed by atoms with E-state index in [-0.39, 0.29) is 40.3 Å². The van der Waals surface area contributed by atoms with E-state index in [1.54, 1.807) is 30.3 Å². The third-order valence-corrected chi connectivity index (χ3v) is 6.09. The first-order valence-corrected chi connectivity index (χ1v) is 11.6. The maximum Gasteiger partial charge on any atom is 0.343 e. The summed E-state index contributed by atoms with van der Waals surface area (Å²) in [5.41, 5.74) is 1.80. The third-order valence-electron chi connectivity index (χ3n) is 5.18. The van der Waals surface area contributed by atoms with Crippen molar-refractivity contribution in [2.24, 2.45) is 0 Å². The van der Waals surface area contributed by atoms with Gasteiger partial charge in [0.1, 0.15) is 18.1 Å². The molecule has 36 heavy (non-hydrogen) atoms. The Morgan fingerprint density at radius 3 is 2.25 bits per heavy atom. The van der Waals surface area contributed by atoms with E-state index in [9.17, 15) is 24.5 Å². The summed E-state index contributed by atoms with van der Waals surface area (Å²) in [6.07, 6.45) is 1.59. The number of aryl methyl sites for hydroxylation is 1. The number of nitro groups is 1. The molecule has 1 fully saturated rings. The first-order valence-electron chi connectivity index (χ1n) is 10.8. The number of ether oxygens (including phenoxy) is 2. The molecule has 1 heterocycles. The van der Waals surface area contributed by atoms with Crippen LogP contribution in [0.2, 0.25) is 0 Å². The number of nitro benzene ring substituents is 1. The van der Waals surface area contributed by atoms with Gasteiger partial charge < -0.3 is 9.47 Å². The number of rotatable bonds is 8. The highest BCUT2D eigenvalue weighted by atomic mass is 32.2. The van der Waals surface area contributed by atoms with Gasteiger partial charge in [-0.05, 0) is 66.7 Å². The number of hydrogen-bond donors (Lipinski definition) is 0. The summed E-state index contributed by atoms with van der Waals surface area (Å²) in [6, 6.07) is 19.0. The van der Waals surface area contributed by atoms with Crippen molar-refractivity contribution < 1.29 is 28.8 Å². The zero-order valence-electron chi connectivity index (χ0n) is 19.1. The molecule has 1 aliphatic heterocycles. The lowest BCUT2D eigenvalue weighted by molar-refractivity contribution is -0.384. The molecule has 0 bridgehead atoms. The van der Waals surface area contributed by atoms with Gasteiger partial charge in [0, 0.05) is 12.1 Å². The normalized spacial score (nSPS) is 14.2. The second kappa shape index (κ2) is 10.9. The fraction of sp³-hybridized carbons (Fsp3) is 0.115. The van der Waals surface area contributed by atoms with Gasteiger partial charge in [0.2, 0.25) is 0 Å². The van der Waals surface area contributed by atoms with Gasteiger partial charge in [0.25, 0.3) is 16.8 Å². The van der Waals surface area contributed by atoms with Crippen LogP contribution in [0.25, 0.3) is 6.08 Å². The van der Waals surface area contributed by atoms with Crippen molar-refractivity contribution >= 4 is 40.6 Å². The van der Waals surface area contributed by atoms with Crippen LogP contribution in [-0.2, 0) is 4.79 Å². The highest BCUT2D eigenvalue weighted by Crippen LogP contribution is 2.32. The number of esters is 1. The molecule has 1 saturated heterocycles. The van der Waals surface area contributed by atoms with E-state index in [1.807, 2.05) is 31.2 Å². The lowest BCUT2D eigenvalue weighted by Gasteiger charge is -2.13. The number of carbonyl (C=O) groups is 3. The molecule has 0 N–H and O–H groups in total. The Hall–Kier alpha value is -4.44. The Bertz CT molecular complexity index is 1330. The zero-order valence-corrected chi connectivity index (χ0v) is 19.9. The van der Waals surface area contributed by atoms with Gasteiger partial charge >= 0.3 is 5.97 Å². The van der Waals surface area contributed by atoms with E-state index in [0.717, 1.165) is 22.2 Å². The van der Waals surface area contributed by atoms with Crippen LogP contribution >= 0.6 is 11.8 Å². The van der Waals surface area contributed by atoms with Gasteiger partial charge in [-0.3, -0.25) is 24.6 Å². The van der Waals surface area contributed by atoms with Crippen molar-refractivity contribution in [2.75, 3.05) is 13.2 Å². The van der Waals surface area contributed by atoms with Gasteiger partial charge in [0.15, 0.2) is 0 Å². The van der Waals surface area contributed by atoms with Crippen LogP contribution in [0, 0.1) is 17.0 Å². The molecule has 0 aliphatic carbocycles. The van der Waals surface area contributed by atoms with E-state index in [4.69, 9.17) is 9.47 Å². The van der Waals surface area contributed by atoms with Crippen LogP contribution in [0.3, 0.4) is 0 Å². The van der Waals surface area contributed by atoms with Crippen molar-refractivity contribution in [1.82, 2.24) is 4.90 Å². The van der Waals surface area contributed by atoms with Gasteiger partial charge in [-0.15, -0.1) is 0 Å². The number of hydrogen-bond acceptors (Lipinski definition) is 8. The van der Waals surface area contributed by atoms with Crippen LogP contribution < -0.4 is 9.47 Å². The van der Waals surface area contributed by atoms with Crippen molar-refractivity contribution in [1.29, 1.82) is 0 Å². The van der Waals surface area contributed by atoms with Crippen molar-refractivity contribution in [3.63, 3.8) is 0 Å². The number of benzene rings is 3. The Labute approximate surface area is 210 Å². The number of amides is 2. The molecule has 2 amide bonds. The highest BCUT2D eigenvalue weighted by molar-refractivity contribution is 8.18. The first kappa shape index (κ1) is 24.7. The largest absolute Gasteiger partial charge is 0.492 e. The topological polar surface area (TPSA) is 116 Å². The molecule has 10 heteroatoms. The van der Waals surface area contributed by atoms with E-state index in [2.05, 4.69) is 0 Å². The predicted molar refractivity (Wildman–Crippen MR) is 134 cm³/mol. The average Bonchev–Trinajstić information content (AvgIpc) is 3.13. The minimum absolute atomic E-state index is 0.126. The van der Waals surface area contributed by atoms with E-state index >= 15 is 0 Å². The average molecular weight is 505 g/mol. The number of carbonyl (C=O) groups excluding carboxylic acids is 3. The maximum absolute atomic E-state index is 12.7. The molecular formula is C26H20N2O7S. The summed E-state index contributed by atoms with van der Waals surface area (Å²) in [5.74, 6) is -0.132. The highest BCUT2D eigenvalue weighted by Gasteiger charge is 2.34. The number of non-ortho nitro benzene ring substituents is 1. The standard InChI is InChI=1S/C26H20N2O7S/c1-17-2-10-21(11-3-17)34-15-14-27-24(29)23(36-26(27)31)16-18-4-12-22(13-5-18)35-25(30)19-6-8-20(9-7-19)28(32)33/h2-13,16H,14-15H2,1H3/b23-16-. The zero-order chi connectivity index (χ0) is 25.7. The van der Waals surface area contributed by atoms with Crippen LogP contribution in [0.1, 0.15) is 21.5 Å². The van der Waals surface area contributed by atoms with Gasteiger partial charge in [0.05, 0.1) is 21.9 Å². The molecule has 1 aliphatic rings. The summed E-state index contributed by atoms with van der Waals surface area (Å²) in [5, 5.41) is 10.4. The second-order valence-corrected chi connectivity index (χ2v) is 8.75. The van der Waals surface area contributed by atoms with Crippen LogP contribution in [-0.4, -0.2) is 40.1 Å². The number of nitrogens with zero attached hydrogens (tertiary/aromatic N) is 2. The summed E-state index contributed by atoms with van der Waals surface area (Å²) in [4.78, 5) is 48.9. The molecule has 4 rings (SSSR count). The lowest BCUT2D eigenvalue weighted by Crippen LogP contribution is -2.32. The SMILES string of the molecule is Cc1ccc(OCCN2C(=O)S/C(=C\c3ccc(OC(=O)c4ccc([N+](=O)[O-])cc4)cc3)C2=O)cc1. The molecule has 0 saturated carbocycles. The molecule has 0 atom stereocenters. The quantitative estimate of drug-likeness (QED) is 0.134. The minimum Gasteiger partial charge on any atom is -0.492 e. The summed E-state index contributed by atoms with van der Waals surface area (Å²) in [6.45, 7) is 2.29. The molecule has 3 aromatic rings. The molecule has 182 valence electrons. The molecule has 3 aromatic carbocycles. The maximum atomic E-state index is 12.7. The summed E-state index contributed by atoms with van der Waals surface area (Å²) in [7, 11) is 0. The minimum atomic E-state index is -0.661. The monoisotopic (exact) mass is 504 g/mol.